The maximum Gasteiger partial charge on any atom is 0.326 e. The van der Waals surface area contributed by atoms with Gasteiger partial charge in [0.15, 0.2) is 0 Å². The molecule has 0 bridgehead atoms. The Morgan fingerprint density at radius 1 is 1.56 bits per heavy atom. The number of amides is 1. The van der Waals surface area contributed by atoms with Gasteiger partial charge >= 0.3 is 5.97 Å². The Morgan fingerprint density at radius 3 is 2.69 bits per heavy atom. The van der Waals surface area contributed by atoms with E-state index in [-0.39, 0.29) is 12.3 Å². The van der Waals surface area contributed by atoms with Gasteiger partial charge in [-0.1, -0.05) is 6.92 Å². The minimum Gasteiger partial charge on any atom is -0.480 e. The molecule has 1 aromatic heterocycles. The molecule has 4 nitrogen and oxygen atoms in total. The minimum atomic E-state index is -0.955. The van der Waals surface area contributed by atoms with Crippen LogP contribution in [-0.2, 0) is 16.0 Å². The molecule has 1 unspecified atom stereocenters. The summed E-state index contributed by atoms with van der Waals surface area (Å²) in [4.78, 5) is 24.0. The summed E-state index contributed by atoms with van der Waals surface area (Å²) in [7, 11) is 1.54. The van der Waals surface area contributed by atoms with E-state index in [2.05, 4.69) is 0 Å². The highest BCUT2D eigenvalue weighted by Crippen LogP contribution is 2.10. The summed E-state index contributed by atoms with van der Waals surface area (Å²) in [6.07, 6.45) is 0.686. The first-order valence-corrected chi connectivity index (χ1v) is 6.00. The van der Waals surface area contributed by atoms with Crippen molar-refractivity contribution in [1.29, 1.82) is 0 Å². The molecule has 0 saturated heterocycles. The number of carbonyl (C=O) groups excluding carboxylic acids is 1. The Bertz CT molecular complexity index is 361. The third kappa shape index (κ3) is 3.06. The van der Waals surface area contributed by atoms with E-state index in [1.165, 1.54) is 23.3 Å². The highest BCUT2D eigenvalue weighted by atomic mass is 32.1. The number of likely N-dealkylation sites (N-methyl/N-ethyl adjacent to an activating group) is 1. The Labute approximate surface area is 98.5 Å². The summed E-state index contributed by atoms with van der Waals surface area (Å²) in [5.74, 6) is -1.11. The van der Waals surface area contributed by atoms with E-state index in [1.807, 2.05) is 16.8 Å². The highest BCUT2D eigenvalue weighted by Gasteiger charge is 2.24. The third-order valence-corrected chi connectivity index (χ3v) is 3.20. The van der Waals surface area contributed by atoms with Crippen LogP contribution in [0.5, 0.6) is 0 Å². The summed E-state index contributed by atoms with van der Waals surface area (Å²) >= 11 is 1.53. The summed E-state index contributed by atoms with van der Waals surface area (Å²) in [5.41, 5.74) is 0.932. The molecule has 88 valence electrons. The van der Waals surface area contributed by atoms with Gasteiger partial charge in [-0.15, -0.1) is 0 Å². The Morgan fingerprint density at radius 2 is 2.25 bits per heavy atom. The van der Waals surface area contributed by atoms with Crippen molar-refractivity contribution in [3.63, 3.8) is 0 Å². The number of hydrogen-bond donors (Lipinski definition) is 1. The molecule has 1 rings (SSSR count). The third-order valence-electron chi connectivity index (χ3n) is 2.47. The smallest absolute Gasteiger partial charge is 0.326 e. The Balaban J connectivity index is 2.62. The van der Waals surface area contributed by atoms with Crippen LogP contribution in [0.15, 0.2) is 16.8 Å². The molecule has 0 spiro atoms. The van der Waals surface area contributed by atoms with Crippen LogP contribution in [0.3, 0.4) is 0 Å². The van der Waals surface area contributed by atoms with Crippen LogP contribution >= 0.6 is 11.3 Å². The van der Waals surface area contributed by atoms with Crippen LogP contribution in [0.2, 0.25) is 0 Å². The number of carboxylic acids is 1. The lowest BCUT2D eigenvalue weighted by atomic mass is 10.1. The zero-order valence-corrected chi connectivity index (χ0v) is 10.2. The van der Waals surface area contributed by atoms with Crippen molar-refractivity contribution in [1.82, 2.24) is 4.90 Å². The van der Waals surface area contributed by atoms with Gasteiger partial charge in [-0.25, -0.2) is 4.79 Å². The minimum absolute atomic E-state index is 0.160. The van der Waals surface area contributed by atoms with Gasteiger partial charge in [0.05, 0.1) is 6.42 Å². The quantitative estimate of drug-likeness (QED) is 0.852. The summed E-state index contributed by atoms with van der Waals surface area (Å²) in [6, 6.07) is 1.14. The molecular formula is C11H15NO3S. The summed E-state index contributed by atoms with van der Waals surface area (Å²) < 4.78 is 0. The van der Waals surface area contributed by atoms with Gasteiger partial charge in [0, 0.05) is 7.05 Å². The molecule has 5 heteroatoms. The molecule has 1 N–H and O–H groups in total. The Kier molecular flexibility index (Phi) is 4.49. The second-order valence-electron chi connectivity index (χ2n) is 3.58. The maximum absolute atomic E-state index is 11.8. The molecule has 0 aromatic carbocycles. The van der Waals surface area contributed by atoms with Gasteiger partial charge in [0.1, 0.15) is 6.04 Å². The number of nitrogens with zero attached hydrogens (tertiary/aromatic N) is 1. The number of aliphatic carboxylic acids is 1. The van der Waals surface area contributed by atoms with Crippen molar-refractivity contribution in [3.8, 4) is 0 Å². The number of hydrogen-bond acceptors (Lipinski definition) is 3. The van der Waals surface area contributed by atoms with Crippen LogP contribution < -0.4 is 0 Å². The Hall–Kier alpha value is -1.36. The van der Waals surface area contributed by atoms with E-state index in [9.17, 15) is 9.59 Å². The SMILES string of the molecule is CCC(C(=O)O)N(C)C(=O)Cc1ccsc1. The number of carboxylic acid groups (broad SMARTS) is 1. The molecule has 0 saturated carbocycles. The lowest BCUT2D eigenvalue weighted by Crippen LogP contribution is -2.42. The molecule has 0 aliphatic carbocycles. The molecule has 0 aliphatic heterocycles. The lowest BCUT2D eigenvalue weighted by molar-refractivity contribution is -0.148. The topological polar surface area (TPSA) is 57.6 Å². The average Bonchev–Trinajstić information content (AvgIpc) is 2.70. The first-order valence-electron chi connectivity index (χ1n) is 5.05. The molecule has 0 radical (unpaired) electrons. The van der Waals surface area contributed by atoms with Crippen molar-refractivity contribution in [2.75, 3.05) is 7.05 Å². The molecule has 0 aliphatic rings. The summed E-state index contributed by atoms with van der Waals surface area (Å²) in [6.45, 7) is 1.76. The molecule has 1 amide bonds. The number of thiophene rings is 1. The molecule has 16 heavy (non-hydrogen) atoms. The van der Waals surface area contributed by atoms with Crippen LogP contribution in [0.25, 0.3) is 0 Å². The zero-order valence-electron chi connectivity index (χ0n) is 9.34. The summed E-state index contributed by atoms with van der Waals surface area (Å²) in [5, 5.41) is 12.7. The van der Waals surface area contributed by atoms with Crippen LogP contribution in [0.4, 0.5) is 0 Å². The van der Waals surface area contributed by atoms with Gasteiger partial charge < -0.3 is 10.0 Å². The average molecular weight is 241 g/mol. The molecule has 1 atom stereocenters. The van der Waals surface area contributed by atoms with Gasteiger partial charge in [-0.2, -0.15) is 11.3 Å². The first-order chi connectivity index (χ1) is 7.56. The van der Waals surface area contributed by atoms with Crippen molar-refractivity contribution in [2.24, 2.45) is 0 Å². The van der Waals surface area contributed by atoms with Crippen LogP contribution in [0, 0.1) is 0 Å². The van der Waals surface area contributed by atoms with Gasteiger partial charge in [-0.3, -0.25) is 4.79 Å². The van der Waals surface area contributed by atoms with Gasteiger partial charge in [0.25, 0.3) is 0 Å². The second kappa shape index (κ2) is 5.65. The molecule has 1 aromatic rings. The highest BCUT2D eigenvalue weighted by molar-refractivity contribution is 7.07. The molecule has 0 fully saturated rings. The van der Waals surface area contributed by atoms with Crippen molar-refractivity contribution in [2.45, 2.75) is 25.8 Å². The zero-order chi connectivity index (χ0) is 12.1. The standard InChI is InChI=1S/C11H15NO3S/c1-3-9(11(14)15)12(2)10(13)6-8-4-5-16-7-8/h4-5,7,9H,3,6H2,1-2H3,(H,14,15). The van der Waals surface area contributed by atoms with Crippen molar-refractivity contribution in [3.05, 3.63) is 22.4 Å². The second-order valence-corrected chi connectivity index (χ2v) is 4.36. The fourth-order valence-corrected chi connectivity index (χ4v) is 2.15. The van der Waals surface area contributed by atoms with E-state index in [1.54, 1.807) is 6.92 Å². The fraction of sp³-hybridized carbons (Fsp3) is 0.455. The normalized spacial score (nSPS) is 12.1. The van der Waals surface area contributed by atoms with Gasteiger partial charge in [-0.05, 0) is 28.8 Å². The van der Waals surface area contributed by atoms with E-state index < -0.39 is 12.0 Å². The predicted molar refractivity (Wildman–Crippen MR) is 62.5 cm³/mol. The van der Waals surface area contributed by atoms with E-state index in [0.29, 0.717) is 6.42 Å². The van der Waals surface area contributed by atoms with Crippen LogP contribution in [0.1, 0.15) is 18.9 Å². The van der Waals surface area contributed by atoms with Crippen molar-refractivity contribution < 1.29 is 14.7 Å². The van der Waals surface area contributed by atoms with Crippen molar-refractivity contribution >= 4 is 23.2 Å². The van der Waals surface area contributed by atoms with E-state index in [0.717, 1.165) is 5.56 Å². The molecule has 1 heterocycles. The number of carbonyl (C=O) groups is 2. The maximum atomic E-state index is 11.8. The lowest BCUT2D eigenvalue weighted by Gasteiger charge is -2.23. The molecular weight excluding hydrogens is 226 g/mol. The van der Waals surface area contributed by atoms with E-state index >= 15 is 0 Å². The number of rotatable bonds is 5. The first kappa shape index (κ1) is 12.7. The largest absolute Gasteiger partial charge is 0.480 e. The monoisotopic (exact) mass is 241 g/mol. The van der Waals surface area contributed by atoms with Gasteiger partial charge in [0.2, 0.25) is 5.91 Å². The predicted octanol–water partition coefficient (Wildman–Crippen LogP) is 1.61. The van der Waals surface area contributed by atoms with Crippen LogP contribution in [-0.4, -0.2) is 35.0 Å². The van der Waals surface area contributed by atoms with E-state index in [4.69, 9.17) is 5.11 Å². The fourth-order valence-electron chi connectivity index (χ4n) is 1.48.